The van der Waals surface area contributed by atoms with Crippen LogP contribution in [0.4, 0.5) is 4.79 Å². The molecule has 0 aromatic rings. The maximum absolute atomic E-state index is 11.8. The largest absolute Gasteiger partial charge is 0.386 e. The molecule has 1 unspecified atom stereocenters. The SMILES string of the molecule is CSCN=CS(=O)CSCSCSC(=O)NCSCSCSC=NCC(=O)CSCSCO. The Morgan fingerprint density at radius 1 is 0.970 bits per heavy atom. The number of hydrogen-bond donors (Lipinski definition) is 2. The number of amides is 1. The highest BCUT2D eigenvalue weighted by Gasteiger charge is 2.03. The number of nitrogens with zero attached hydrogens (tertiary/aromatic N) is 2. The normalized spacial score (nSPS) is 12.5. The third-order valence-corrected chi connectivity index (χ3v) is 13.1. The predicted molar refractivity (Wildman–Crippen MR) is 169 cm³/mol. The number of aliphatic hydroxyl groups is 1. The van der Waals surface area contributed by atoms with Crippen LogP contribution in [0.15, 0.2) is 9.98 Å². The standard InChI is InChI=1S/C16H29N3O4S10/c1-24-4-18-7-33(23)14-31-12-30-13-32-16(22)19-6-27-11-29-10-26-5-17-2-15(21)3-25-9-28-8-20/h5,7,20H,2-4,6,8-14H2,1H3,(H,19,22). The zero-order chi connectivity index (χ0) is 24.4. The monoisotopic (exact) mass is 647 g/mol. The number of carbonyl (C=O) groups excluding carboxylic acids is 2. The third-order valence-electron chi connectivity index (χ3n) is 2.61. The molecule has 33 heavy (non-hydrogen) atoms. The highest BCUT2D eigenvalue weighted by atomic mass is 32.3. The van der Waals surface area contributed by atoms with Gasteiger partial charge in [0.05, 0.1) is 57.0 Å². The number of nitrogens with one attached hydrogen (secondary N) is 1. The summed E-state index contributed by atoms with van der Waals surface area (Å²) in [6, 6.07) is 0. The van der Waals surface area contributed by atoms with E-state index in [2.05, 4.69) is 15.3 Å². The van der Waals surface area contributed by atoms with Crippen LogP contribution in [0, 0.1) is 0 Å². The van der Waals surface area contributed by atoms with Crippen LogP contribution < -0.4 is 5.32 Å². The summed E-state index contributed by atoms with van der Waals surface area (Å²) in [5.41, 5.74) is 3.22. The van der Waals surface area contributed by atoms with Crippen LogP contribution in [0.2, 0.25) is 0 Å². The predicted octanol–water partition coefficient (Wildman–Crippen LogP) is 4.91. The highest BCUT2D eigenvalue weighted by Crippen LogP contribution is 2.19. The van der Waals surface area contributed by atoms with Gasteiger partial charge in [-0.1, -0.05) is 11.8 Å². The molecule has 0 saturated carbocycles. The van der Waals surface area contributed by atoms with Gasteiger partial charge < -0.3 is 10.4 Å². The molecule has 17 heteroatoms. The minimum absolute atomic E-state index is 0.0305. The van der Waals surface area contributed by atoms with E-state index in [9.17, 15) is 13.8 Å². The van der Waals surface area contributed by atoms with Crippen LogP contribution in [0.25, 0.3) is 0 Å². The first-order chi connectivity index (χ1) is 16.1. The van der Waals surface area contributed by atoms with Crippen LogP contribution in [-0.4, -0.2) is 98.2 Å². The fourth-order valence-corrected chi connectivity index (χ4v) is 10.3. The molecule has 7 nitrogen and oxygen atoms in total. The molecule has 1 amide bonds. The van der Waals surface area contributed by atoms with Gasteiger partial charge in [-0.2, -0.15) is 0 Å². The molecule has 0 heterocycles. The van der Waals surface area contributed by atoms with Gasteiger partial charge in [-0.25, -0.2) is 0 Å². The molecule has 192 valence electrons. The maximum atomic E-state index is 11.8. The first kappa shape index (κ1) is 34.7. The van der Waals surface area contributed by atoms with Gasteiger partial charge >= 0.3 is 0 Å². The number of aliphatic imine (C=N–C) groups is 2. The molecule has 0 aliphatic heterocycles. The average Bonchev–Trinajstić information content (AvgIpc) is 2.80. The lowest BCUT2D eigenvalue weighted by Crippen LogP contribution is -2.17. The summed E-state index contributed by atoms with van der Waals surface area (Å²) in [5, 5.41) is 15.9. The molecule has 2 N–H and O–H groups in total. The van der Waals surface area contributed by atoms with E-state index in [0.717, 1.165) is 15.3 Å². The van der Waals surface area contributed by atoms with Crippen molar-refractivity contribution in [3.63, 3.8) is 0 Å². The molecule has 0 aromatic heterocycles. The smallest absolute Gasteiger partial charge is 0.280 e. The summed E-state index contributed by atoms with van der Waals surface area (Å²) >= 11 is 13.9. The summed E-state index contributed by atoms with van der Waals surface area (Å²) in [5.74, 6) is 1.81. The van der Waals surface area contributed by atoms with Gasteiger partial charge in [0, 0.05) is 25.4 Å². The lowest BCUT2D eigenvalue weighted by atomic mass is 10.5. The zero-order valence-electron chi connectivity index (χ0n) is 18.1. The van der Waals surface area contributed by atoms with Crippen molar-refractivity contribution >= 4 is 139 Å². The zero-order valence-corrected chi connectivity index (χ0v) is 26.2. The number of rotatable bonds is 23. The second-order valence-electron chi connectivity index (χ2n) is 5.20. The number of ketones is 1. The van der Waals surface area contributed by atoms with Gasteiger partial charge in [-0.15, -0.1) is 94.1 Å². The summed E-state index contributed by atoms with van der Waals surface area (Å²) in [6.07, 6.45) is 1.95. The van der Waals surface area contributed by atoms with Gasteiger partial charge in [0.15, 0.2) is 5.78 Å². The van der Waals surface area contributed by atoms with Crippen molar-refractivity contribution in [1.29, 1.82) is 0 Å². The number of thioether (sulfide) groups is 9. The Morgan fingerprint density at radius 2 is 1.73 bits per heavy atom. The van der Waals surface area contributed by atoms with E-state index in [1.807, 2.05) is 6.26 Å². The number of aliphatic hydroxyl groups excluding tert-OH is 1. The van der Waals surface area contributed by atoms with E-state index in [1.54, 1.807) is 76.1 Å². The first-order valence-corrected chi connectivity index (χ1v) is 20.8. The molecule has 0 aliphatic carbocycles. The molecule has 0 fully saturated rings. The maximum Gasteiger partial charge on any atom is 0.280 e. The van der Waals surface area contributed by atoms with E-state index in [4.69, 9.17) is 5.11 Å². The Morgan fingerprint density at radius 3 is 2.52 bits per heavy atom. The minimum Gasteiger partial charge on any atom is -0.386 e. The highest BCUT2D eigenvalue weighted by molar-refractivity contribution is 8.29. The van der Waals surface area contributed by atoms with Crippen LogP contribution in [0.3, 0.4) is 0 Å². The Kier molecular flexibility index (Phi) is 29.8. The summed E-state index contributed by atoms with van der Waals surface area (Å²) in [4.78, 5) is 31.5. The van der Waals surface area contributed by atoms with Crippen LogP contribution >= 0.6 is 106 Å². The van der Waals surface area contributed by atoms with Gasteiger partial charge in [0.2, 0.25) is 0 Å². The van der Waals surface area contributed by atoms with Gasteiger partial charge in [-0.3, -0.25) is 23.8 Å². The third kappa shape index (κ3) is 28.2. The Bertz CT molecular complexity index is 587. The van der Waals surface area contributed by atoms with Crippen molar-refractivity contribution in [2.45, 2.75) is 0 Å². The van der Waals surface area contributed by atoms with Crippen molar-refractivity contribution < 1.29 is 18.9 Å². The fourth-order valence-electron chi connectivity index (χ4n) is 1.39. The topological polar surface area (TPSA) is 108 Å². The van der Waals surface area contributed by atoms with E-state index < -0.39 is 10.8 Å². The molecule has 0 saturated heterocycles. The van der Waals surface area contributed by atoms with Crippen LogP contribution in [0.1, 0.15) is 0 Å². The molecule has 0 spiro atoms. The second-order valence-corrected chi connectivity index (χ2v) is 17.1. The van der Waals surface area contributed by atoms with Crippen molar-refractivity contribution in [1.82, 2.24) is 5.32 Å². The van der Waals surface area contributed by atoms with Gasteiger partial charge in [-0.05, 0) is 6.26 Å². The summed E-state index contributed by atoms with van der Waals surface area (Å²) in [7, 11) is -1.03. The van der Waals surface area contributed by atoms with E-state index in [-0.39, 0.29) is 23.5 Å². The Labute approximate surface area is 237 Å². The fraction of sp³-hybridized carbons (Fsp3) is 0.750. The quantitative estimate of drug-likeness (QED) is 0.0679. The van der Waals surface area contributed by atoms with Gasteiger partial charge in [0.25, 0.3) is 5.24 Å². The number of carbonyl (C=O) groups is 2. The van der Waals surface area contributed by atoms with Gasteiger partial charge in [0.1, 0.15) is 0 Å². The minimum atomic E-state index is -1.03. The number of Topliss-reactive ketones (excluding diaryl/α,β-unsaturated/α-hetero) is 1. The average molecular weight is 648 g/mol. The molecular formula is C16H29N3O4S10. The Balaban J connectivity index is 3.40. The molecule has 0 radical (unpaired) electrons. The summed E-state index contributed by atoms with van der Waals surface area (Å²) in [6.45, 7) is 0.205. The molecule has 0 aromatic carbocycles. The van der Waals surface area contributed by atoms with Crippen molar-refractivity contribution in [2.75, 3.05) is 66.8 Å². The Hall–Kier alpha value is 1.74. The molecule has 0 aliphatic rings. The molecule has 1 atom stereocenters. The van der Waals surface area contributed by atoms with Crippen molar-refractivity contribution in [2.24, 2.45) is 9.98 Å². The van der Waals surface area contributed by atoms with Crippen molar-refractivity contribution in [3.05, 3.63) is 0 Å². The van der Waals surface area contributed by atoms with E-state index in [1.165, 1.54) is 40.8 Å². The van der Waals surface area contributed by atoms with E-state index in [0.29, 0.717) is 32.8 Å². The number of hydrogen-bond acceptors (Lipinski definition) is 15. The van der Waals surface area contributed by atoms with Crippen molar-refractivity contribution in [3.8, 4) is 0 Å². The lowest BCUT2D eigenvalue weighted by molar-refractivity contribution is -0.115. The molecule has 0 bridgehead atoms. The molecule has 0 rings (SSSR count). The summed E-state index contributed by atoms with van der Waals surface area (Å²) < 4.78 is 11.6. The van der Waals surface area contributed by atoms with Crippen LogP contribution in [0.5, 0.6) is 0 Å². The molecular weight excluding hydrogens is 619 g/mol. The van der Waals surface area contributed by atoms with E-state index >= 15 is 0 Å². The lowest BCUT2D eigenvalue weighted by Gasteiger charge is -2.04. The van der Waals surface area contributed by atoms with Crippen LogP contribution in [-0.2, 0) is 15.6 Å². The first-order valence-electron chi connectivity index (χ1n) is 9.05. The second kappa shape index (κ2) is 28.3.